The minimum atomic E-state index is -0.443. The van der Waals surface area contributed by atoms with E-state index in [1.165, 1.54) is 0 Å². The van der Waals surface area contributed by atoms with Crippen molar-refractivity contribution in [1.29, 1.82) is 0 Å². The topological polar surface area (TPSA) is 80.9 Å². The number of hydrogen-bond acceptors (Lipinski definition) is 4. The number of aryl methyl sites for hydroxylation is 1. The fraction of sp³-hybridized carbons (Fsp3) is 0.0417. The molecule has 2 aromatic heterocycles. The van der Waals surface area contributed by atoms with Gasteiger partial charge < -0.3 is 11.1 Å². The Bertz CT molecular complexity index is 1170. The maximum atomic E-state index is 11.8. The van der Waals surface area contributed by atoms with Crippen LogP contribution in [0.1, 0.15) is 15.9 Å². The van der Waals surface area contributed by atoms with E-state index in [0.29, 0.717) is 5.56 Å². The van der Waals surface area contributed by atoms with Crippen LogP contribution in [0.2, 0.25) is 0 Å². The molecular weight excluding hydrogens is 360 g/mol. The average molecular weight is 380 g/mol. The van der Waals surface area contributed by atoms with E-state index in [2.05, 4.69) is 15.3 Å². The molecule has 4 aromatic rings. The maximum absolute atomic E-state index is 11.8. The van der Waals surface area contributed by atoms with E-state index in [-0.39, 0.29) is 0 Å². The van der Waals surface area contributed by atoms with Gasteiger partial charge in [0.15, 0.2) is 0 Å². The molecule has 0 unspecified atom stereocenters. The average Bonchev–Trinajstić information content (AvgIpc) is 2.76. The molecule has 0 aliphatic rings. The molecule has 2 heterocycles. The number of carbonyl (C=O) groups is 1. The molecular formula is C24H20N4O. The van der Waals surface area contributed by atoms with Crippen LogP contribution in [0.25, 0.3) is 22.3 Å². The summed E-state index contributed by atoms with van der Waals surface area (Å²) in [7, 11) is 0. The molecule has 0 aliphatic carbocycles. The van der Waals surface area contributed by atoms with Gasteiger partial charge in [-0.1, -0.05) is 36.4 Å². The molecule has 29 heavy (non-hydrogen) atoms. The van der Waals surface area contributed by atoms with E-state index < -0.39 is 5.91 Å². The Morgan fingerprint density at radius 2 is 1.76 bits per heavy atom. The van der Waals surface area contributed by atoms with E-state index in [1.807, 2.05) is 73.8 Å². The standard InChI is InChI=1S/C24H20N4O/c1-16-8-9-18(20-6-2-3-7-21(20)24(25)29)13-22(16)28-23-14-17(10-12-27-23)19-5-4-11-26-15-19/h2-15H,1H3,(H2,25,29)(H,27,28). The van der Waals surface area contributed by atoms with Gasteiger partial charge in [-0.15, -0.1) is 0 Å². The van der Waals surface area contributed by atoms with Gasteiger partial charge in [0.2, 0.25) is 5.91 Å². The summed E-state index contributed by atoms with van der Waals surface area (Å²) in [6.45, 7) is 2.02. The molecule has 2 aromatic carbocycles. The van der Waals surface area contributed by atoms with Crippen LogP contribution in [0.3, 0.4) is 0 Å². The third kappa shape index (κ3) is 3.99. The quantitative estimate of drug-likeness (QED) is 0.513. The second kappa shape index (κ2) is 7.94. The third-order valence-corrected chi connectivity index (χ3v) is 4.76. The number of hydrogen-bond donors (Lipinski definition) is 2. The van der Waals surface area contributed by atoms with Gasteiger partial charge >= 0.3 is 0 Å². The van der Waals surface area contributed by atoms with Crippen molar-refractivity contribution in [2.24, 2.45) is 5.73 Å². The first-order chi connectivity index (χ1) is 14.1. The van der Waals surface area contributed by atoms with Gasteiger partial charge in [-0.3, -0.25) is 9.78 Å². The summed E-state index contributed by atoms with van der Waals surface area (Å²) in [5, 5.41) is 3.39. The predicted molar refractivity (Wildman–Crippen MR) is 116 cm³/mol. The molecule has 0 saturated carbocycles. The van der Waals surface area contributed by atoms with Crippen molar-refractivity contribution >= 4 is 17.4 Å². The number of anilines is 2. The largest absolute Gasteiger partial charge is 0.366 e. The smallest absolute Gasteiger partial charge is 0.249 e. The number of carbonyl (C=O) groups excluding carboxylic acids is 1. The summed E-state index contributed by atoms with van der Waals surface area (Å²) in [4.78, 5) is 20.4. The number of nitrogens with one attached hydrogen (secondary N) is 1. The number of benzene rings is 2. The van der Waals surface area contributed by atoms with Crippen LogP contribution >= 0.6 is 0 Å². The highest BCUT2D eigenvalue weighted by Gasteiger charge is 2.11. The summed E-state index contributed by atoms with van der Waals surface area (Å²) in [6, 6.07) is 21.2. The Hall–Kier alpha value is -3.99. The summed E-state index contributed by atoms with van der Waals surface area (Å²) in [6.07, 6.45) is 5.35. The van der Waals surface area contributed by atoms with E-state index in [4.69, 9.17) is 5.73 Å². The molecule has 0 bridgehead atoms. The van der Waals surface area contributed by atoms with Gasteiger partial charge in [0.05, 0.1) is 0 Å². The molecule has 0 aliphatic heterocycles. The van der Waals surface area contributed by atoms with E-state index in [9.17, 15) is 4.79 Å². The number of primary amides is 1. The Morgan fingerprint density at radius 3 is 2.55 bits per heavy atom. The maximum Gasteiger partial charge on any atom is 0.249 e. The Morgan fingerprint density at radius 1 is 0.897 bits per heavy atom. The van der Waals surface area contributed by atoms with Crippen molar-refractivity contribution < 1.29 is 4.79 Å². The van der Waals surface area contributed by atoms with Crippen molar-refractivity contribution in [3.63, 3.8) is 0 Å². The lowest BCUT2D eigenvalue weighted by atomic mass is 9.97. The molecule has 5 heteroatoms. The number of nitrogens with two attached hydrogens (primary N) is 1. The number of aromatic nitrogens is 2. The van der Waals surface area contributed by atoms with Crippen molar-refractivity contribution in [3.05, 3.63) is 96.4 Å². The van der Waals surface area contributed by atoms with Crippen LogP contribution in [0.4, 0.5) is 11.5 Å². The summed E-state index contributed by atoms with van der Waals surface area (Å²) in [5.41, 5.74) is 11.8. The Kier molecular flexibility index (Phi) is 5.03. The second-order valence-corrected chi connectivity index (χ2v) is 6.74. The number of amides is 1. The first-order valence-corrected chi connectivity index (χ1v) is 9.25. The molecule has 1 amide bonds. The third-order valence-electron chi connectivity index (χ3n) is 4.76. The molecule has 0 spiro atoms. The molecule has 0 atom stereocenters. The number of nitrogens with zero attached hydrogens (tertiary/aromatic N) is 2. The van der Waals surface area contributed by atoms with Crippen LogP contribution in [0.5, 0.6) is 0 Å². The van der Waals surface area contributed by atoms with Gasteiger partial charge in [-0.25, -0.2) is 4.98 Å². The zero-order valence-electron chi connectivity index (χ0n) is 16.0. The first-order valence-electron chi connectivity index (χ1n) is 9.25. The Balaban J connectivity index is 1.69. The molecule has 0 radical (unpaired) electrons. The lowest BCUT2D eigenvalue weighted by Crippen LogP contribution is -2.12. The van der Waals surface area contributed by atoms with Gasteiger partial charge in [0, 0.05) is 35.4 Å². The highest BCUT2D eigenvalue weighted by Crippen LogP contribution is 2.30. The molecule has 5 nitrogen and oxygen atoms in total. The van der Waals surface area contributed by atoms with Crippen LogP contribution in [0, 0.1) is 6.92 Å². The lowest BCUT2D eigenvalue weighted by Gasteiger charge is -2.13. The van der Waals surface area contributed by atoms with Crippen molar-refractivity contribution in [3.8, 4) is 22.3 Å². The number of pyridine rings is 2. The summed E-state index contributed by atoms with van der Waals surface area (Å²) in [5.74, 6) is 0.288. The van der Waals surface area contributed by atoms with Crippen LogP contribution < -0.4 is 11.1 Å². The van der Waals surface area contributed by atoms with E-state index in [1.54, 1.807) is 18.5 Å². The SMILES string of the molecule is Cc1ccc(-c2ccccc2C(N)=O)cc1Nc1cc(-c2cccnc2)ccn1. The van der Waals surface area contributed by atoms with E-state index >= 15 is 0 Å². The second-order valence-electron chi connectivity index (χ2n) is 6.74. The van der Waals surface area contributed by atoms with Crippen LogP contribution in [-0.4, -0.2) is 15.9 Å². The molecule has 3 N–H and O–H groups in total. The molecule has 142 valence electrons. The zero-order chi connectivity index (χ0) is 20.2. The van der Waals surface area contributed by atoms with Crippen LogP contribution in [-0.2, 0) is 0 Å². The summed E-state index contributed by atoms with van der Waals surface area (Å²) < 4.78 is 0. The van der Waals surface area contributed by atoms with Crippen molar-refractivity contribution in [2.75, 3.05) is 5.32 Å². The van der Waals surface area contributed by atoms with Crippen LogP contribution in [0.15, 0.2) is 85.3 Å². The minimum Gasteiger partial charge on any atom is -0.366 e. The van der Waals surface area contributed by atoms with Gasteiger partial charge in [-0.2, -0.15) is 0 Å². The van der Waals surface area contributed by atoms with Gasteiger partial charge in [0.25, 0.3) is 0 Å². The normalized spacial score (nSPS) is 10.5. The van der Waals surface area contributed by atoms with Crippen molar-refractivity contribution in [1.82, 2.24) is 9.97 Å². The monoisotopic (exact) mass is 380 g/mol. The fourth-order valence-electron chi connectivity index (χ4n) is 3.22. The molecule has 4 rings (SSSR count). The van der Waals surface area contributed by atoms with E-state index in [0.717, 1.165) is 39.3 Å². The zero-order valence-corrected chi connectivity index (χ0v) is 16.0. The Labute approximate surface area is 169 Å². The van der Waals surface area contributed by atoms with Gasteiger partial charge in [-0.05, 0) is 59.5 Å². The lowest BCUT2D eigenvalue weighted by molar-refractivity contribution is 0.100. The molecule has 0 saturated heterocycles. The summed E-state index contributed by atoms with van der Waals surface area (Å²) >= 11 is 0. The highest BCUT2D eigenvalue weighted by molar-refractivity contribution is 6.00. The predicted octanol–water partition coefficient (Wildman–Crippen LogP) is 4.96. The minimum absolute atomic E-state index is 0.443. The number of rotatable bonds is 5. The fourth-order valence-corrected chi connectivity index (χ4v) is 3.22. The molecule has 0 fully saturated rings. The van der Waals surface area contributed by atoms with Gasteiger partial charge in [0.1, 0.15) is 5.82 Å². The highest BCUT2D eigenvalue weighted by atomic mass is 16.1. The van der Waals surface area contributed by atoms with Crippen molar-refractivity contribution in [2.45, 2.75) is 6.92 Å². The first kappa shape index (κ1) is 18.4.